The Balaban J connectivity index is 1.49. The molecule has 3 aliphatic carbocycles. The molecular formula is C48H84N6O3. The zero-order valence-corrected chi connectivity index (χ0v) is 36.6. The molecule has 0 atom stereocenters. The molecule has 4 rings (SSSR count). The lowest BCUT2D eigenvalue weighted by atomic mass is 10.0. The van der Waals surface area contributed by atoms with E-state index in [2.05, 4.69) is 30.4 Å². The first kappa shape index (κ1) is 47.1. The second-order valence-corrected chi connectivity index (χ2v) is 17.7. The van der Waals surface area contributed by atoms with Crippen LogP contribution in [0.15, 0.2) is 15.5 Å². The highest BCUT2D eigenvalue weighted by Crippen LogP contribution is 2.22. The van der Waals surface area contributed by atoms with Gasteiger partial charge >= 0.3 is 18.0 Å². The van der Waals surface area contributed by atoms with E-state index in [4.69, 9.17) is 14.5 Å². The van der Waals surface area contributed by atoms with Crippen molar-refractivity contribution in [1.29, 1.82) is 0 Å². The zero-order valence-electron chi connectivity index (χ0n) is 36.6. The van der Waals surface area contributed by atoms with Crippen LogP contribution in [-0.4, -0.2) is 32.1 Å². The molecule has 0 spiro atoms. The number of nitrogens with zero attached hydrogens (tertiary/aromatic N) is 6. The van der Waals surface area contributed by atoms with Crippen molar-refractivity contribution in [3.63, 3.8) is 0 Å². The zero-order chi connectivity index (χ0) is 39.5. The maximum atomic E-state index is 6.02. The SMILES string of the molecule is C1CCCCCCCC(=NOc2nc(ON=C3CCCCCCCCCCCCCC3)nc(ON=C3CCCCCCCCCCCCCC3)n2)CCCCCC1. The molecule has 3 saturated carbocycles. The van der Waals surface area contributed by atoms with Gasteiger partial charge in [0.15, 0.2) is 0 Å². The molecule has 9 nitrogen and oxygen atoms in total. The molecule has 0 unspecified atom stereocenters. The topological polar surface area (TPSA) is 103 Å². The van der Waals surface area contributed by atoms with Crippen LogP contribution in [0, 0.1) is 0 Å². The fourth-order valence-electron chi connectivity index (χ4n) is 8.69. The molecule has 1 aromatic rings. The smallest absolute Gasteiger partial charge is 0.315 e. The molecule has 324 valence electrons. The van der Waals surface area contributed by atoms with Gasteiger partial charge in [-0.3, -0.25) is 0 Å². The summed E-state index contributed by atoms with van der Waals surface area (Å²) in [4.78, 5) is 31.7. The van der Waals surface area contributed by atoms with Gasteiger partial charge in [-0.05, 0) is 77.0 Å². The third kappa shape index (κ3) is 24.8. The van der Waals surface area contributed by atoms with Gasteiger partial charge in [-0.15, -0.1) is 15.0 Å². The third-order valence-electron chi connectivity index (χ3n) is 12.4. The van der Waals surface area contributed by atoms with E-state index in [-0.39, 0.29) is 18.0 Å². The standard InChI is InChI=1S/C48H84N6O3/c1-2-8-14-20-26-32-38-43(37-31-25-19-13-7-1)52-55-46-49-47(56-53-44-39-33-27-21-15-9-3-4-10-16-22-28-34-40-44)51-48(50-46)57-54-45-41-35-29-23-17-11-5-6-12-18-24-30-36-42-45/h1-42H2. The van der Waals surface area contributed by atoms with E-state index in [1.54, 1.807) is 0 Å². The van der Waals surface area contributed by atoms with Crippen LogP contribution in [0.4, 0.5) is 0 Å². The van der Waals surface area contributed by atoms with E-state index >= 15 is 0 Å². The molecule has 0 amide bonds. The summed E-state index contributed by atoms with van der Waals surface area (Å²) >= 11 is 0. The van der Waals surface area contributed by atoms with E-state index in [1.807, 2.05) is 0 Å². The van der Waals surface area contributed by atoms with Crippen molar-refractivity contribution < 1.29 is 14.5 Å². The van der Waals surface area contributed by atoms with Gasteiger partial charge in [0.2, 0.25) is 0 Å². The third-order valence-corrected chi connectivity index (χ3v) is 12.4. The Bertz CT molecular complexity index is 1020. The molecule has 0 aromatic carbocycles. The summed E-state index contributed by atoms with van der Waals surface area (Å²) in [5.74, 6) is 0. The largest absolute Gasteiger partial charge is 0.355 e. The number of oxime groups is 3. The van der Waals surface area contributed by atoms with Gasteiger partial charge in [0.25, 0.3) is 0 Å². The van der Waals surface area contributed by atoms with E-state index in [0.717, 1.165) is 94.2 Å². The molecule has 9 heteroatoms. The first-order chi connectivity index (χ1) is 28.3. The number of rotatable bonds is 6. The summed E-state index contributed by atoms with van der Waals surface area (Å²) in [6.45, 7) is 0. The Morgan fingerprint density at radius 2 is 0.351 bits per heavy atom. The second kappa shape index (κ2) is 33.3. The minimum atomic E-state index is 0.0722. The van der Waals surface area contributed by atoms with Crippen LogP contribution in [0.3, 0.4) is 0 Å². The van der Waals surface area contributed by atoms with Crippen molar-refractivity contribution in [2.75, 3.05) is 0 Å². The van der Waals surface area contributed by atoms with Crippen LogP contribution < -0.4 is 14.5 Å². The van der Waals surface area contributed by atoms with Gasteiger partial charge in [0.1, 0.15) is 0 Å². The minimum absolute atomic E-state index is 0.0722. The molecule has 0 bridgehead atoms. The van der Waals surface area contributed by atoms with Crippen LogP contribution in [0.25, 0.3) is 0 Å². The van der Waals surface area contributed by atoms with Crippen molar-refractivity contribution in [3.8, 4) is 18.0 Å². The van der Waals surface area contributed by atoms with Gasteiger partial charge in [-0.1, -0.05) is 208 Å². The van der Waals surface area contributed by atoms with Crippen LogP contribution in [0.5, 0.6) is 18.0 Å². The maximum absolute atomic E-state index is 6.02. The maximum Gasteiger partial charge on any atom is 0.355 e. The normalized spacial score (nSPS) is 21.8. The number of hydrogen-bond donors (Lipinski definition) is 0. The summed E-state index contributed by atoms with van der Waals surface area (Å²) in [5.41, 5.74) is 3.25. The number of hydrogen-bond acceptors (Lipinski definition) is 9. The second-order valence-electron chi connectivity index (χ2n) is 17.7. The highest BCUT2D eigenvalue weighted by Gasteiger charge is 2.14. The monoisotopic (exact) mass is 793 g/mol. The van der Waals surface area contributed by atoms with Crippen LogP contribution >= 0.6 is 0 Å². The lowest BCUT2D eigenvalue weighted by molar-refractivity contribution is 0.247. The Morgan fingerprint density at radius 1 is 0.211 bits per heavy atom. The van der Waals surface area contributed by atoms with Crippen LogP contribution in [0.1, 0.15) is 270 Å². The predicted molar refractivity (Wildman–Crippen MR) is 238 cm³/mol. The molecule has 3 fully saturated rings. The molecule has 0 saturated heterocycles. The van der Waals surface area contributed by atoms with Crippen molar-refractivity contribution in [2.24, 2.45) is 15.5 Å². The number of aromatic nitrogens is 3. The lowest BCUT2D eigenvalue weighted by Gasteiger charge is -2.09. The predicted octanol–water partition coefficient (Wildman–Crippen LogP) is 15.5. The van der Waals surface area contributed by atoms with Crippen molar-refractivity contribution in [1.82, 2.24) is 15.0 Å². The van der Waals surface area contributed by atoms with Crippen molar-refractivity contribution >= 4 is 17.1 Å². The molecular weight excluding hydrogens is 709 g/mol. The molecule has 1 heterocycles. The first-order valence-corrected chi connectivity index (χ1v) is 24.8. The highest BCUT2D eigenvalue weighted by atomic mass is 16.7. The van der Waals surface area contributed by atoms with Gasteiger partial charge in [-0.25, -0.2) is 0 Å². The average Bonchev–Trinajstić information content (AvgIpc) is 3.25. The molecule has 1 aromatic heterocycles. The average molecular weight is 793 g/mol. The van der Waals surface area contributed by atoms with E-state index in [0.29, 0.717) is 0 Å². The van der Waals surface area contributed by atoms with Crippen LogP contribution in [0.2, 0.25) is 0 Å². The molecule has 0 aliphatic heterocycles. The minimum Gasteiger partial charge on any atom is -0.315 e. The van der Waals surface area contributed by atoms with E-state index < -0.39 is 0 Å². The van der Waals surface area contributed by atoms with Crippen LogP contribution in [-0.2, 0) is 0 Å². The summed E-state index contributed by atoms with van der Waals surface area (Å²) in [7, 11) is 0. The van der Waals surface area contributed by atoms with Crippen molar-refractivity contribution in [3.05, 3.63) is 0 Å². The molecule has 57 heavy (non-hydrogen) atoms. The fraction of sp³-hybridized carbons (Fsp3) is 0.875. The van der Waals surface area contributed by atoms with Crippen molar-refractivity contribution in [2.45, 2.75) is 270 Å². The quantitative estimate of drug-likeness (QED) is 0.266. The molecule has 3 aliphatic rings. The summed E-state index contributed by atoms with van der Waals surface area (Å²) < 4.78 is 0. The van der Waals surface area contributed by atoms with Gasteiger partial charge < -0.3 is 14.5 Å². The Kier molecular flexibility index (Phi) is 27.5. The van der Waals surface area contributed by atoms with Gasteiger partial charge in [0.05, 0.1) is 17.1 Å². The highest BCUT2D eigenvalue weighted by molar-refractivity contribution is 5.84. The summed E-state index contributed by atoms with van der Waals surface area (Å²) in [5, 5.41) is 14.0. The Labute approximate surface area is 348 Å². The van der Waals surface area contributed by atoms with E-state index in [9.17, 15) is 0 Å². The Hall–Kier alpha value is -2.58. The summed E-state index contributed by atoms with van der Waals surface area (Å²) in [6.07, 6.45) is 52.3. The summed E-state index contributed by atoms with van der Waals surface area (Å²) in [6, 6.07) is 0.216. The Morgan fingerprint density at radius 3 is 0.509 bits per heavy atom. The molecule has 0 N–H and O–H groups in total. The lowest BCUT2D eigenvalue weighted by Crippen LogP contribution is -2.07. The van der Waals surface area contributed by atoms with Gasteiger partial charge in [-0.2, -0.15) is 0 Å². The van der Waals surface area contributed by atoms with Gasteiger partial charge in [0, 0.05) is 0 Å². The molecule has 0 radical (unpaired) electrons. The fourth-order valence-corrected chi connectivity index (χ4v) is 8.69. The van der Waals surface area contributed by atoms with E-state index in [1.165, 1.54) is 193 Å². The first-order valence-electron chi connectivity index (χ1n) is 24.8.